The number of carboxylic acid groups (broad SMARTS) is 2. The van der Waals surface area contributed by atoms with Gasteiger partial charge < -0.3 is 15.7 Å². The Morgan fingerprint density at radius 2 is 1.33 bits per heavy atom. The van der Waals surface area contributed by atoms with Gasteiger partial charge in [0.25, 0.3) is 22.1 Å². The maximum atomic E-state index is 10.8. The molecule has 0 aliphatic rings. The highest BCUT2D eigenvalue weighted by Crippen LogP contribution is 2.17. The predicted molar refractivity (Wildman–Crippen MR) is 76.0 cm³/mol. The summed E-state index contributed by atoms with van der Waals surface area (Å²) in [5.74, 6) is -1.67. The van der Waals surface area contributed by atoms with E-state index in [1.165, 1.54) is 6.07 Å². The number of aliphatic carboxylic acids is 2. The molecule has 0 unspecified atom stereocenters. The van der Waals surface area contributed by atoms with E-state index in [4.69, 9.17) is 24.4 Å². The van der Waals surface area contributed by atoms with Crippen molar-refractivity contribution < 1.29 is 38.2 Å². The Kier molecular flexibility index (Phi) is 12.4. The van der Waals surface area contributed by atoms with Gasteiger partial charge in [0, 0.05) is 13.8 Å². The van der Waals surface area contributed by atoms with Crippen LogP contribution in [0.1, 0.15) is 25.0 Å². The molecule has 0 bridgehead atoms. The van der Waals surface area contributed by atoms with Crippen molar-refractivity contribution in [2.45, 2.75) is 32.6 Å². The topological polar surface area (TPSA) is 160 Å². The van der Waals surface area contributed by atoms with E-state index in [2.05, 4.69) is 0 Å². The maximum absolute atomic E-state index is 10.8. The molecule has 0 fully saturated rings. The van der Waals surface area contributed by atoms with E-state index < -0.39 is 22.1 Å². The second kappa shape index (κ2) is 10.8. The Balaban J connectivity index is -0.000000304. The smallest absolute Gasteiger partial charge is 0.300 e. The number of benzene rings is 1. The minimum absolute atomic E-state index is 0. The maximum Gasteiger partial charge on any atom is 0.300 e. The summed E-state index contributed by atoms with van der Waals surface area (Å²) >= 11 is 0. The normalized spacial score (nSPS) is 9.00. The Hall–Kier alpha value is -1.97. The van der Waals surface area contributed by atoms with E-state index in [0.717, 1.165) is 19.4 Å². The first-order valence-corrected chi connectivity index (χ1v) is 6.76. The summed E-state index contributed by atoms with van der Waals surface area (Å²) in [6.45, 7) is 5.63. The van der Waals surface area contributed by atoms with E-state index in [1.807, 2.05) is 0 Å². The zero-order chi connectivity index (χ0) is 16.5. The van der Waals surface area contributed by atoms with E-state index in [9.17, 15) is 8.42 Å². The van der Waals surface area contributed by atoms with Crippen LogP contribution in [0.15, 0.2) is 23.1 Å². The first kappa shape index (κ1) is 24.1. The molecular formula is C12H20O8S. The van der Waals surface area contributed by atoms with Crippen molar-refractivity contribution in [1.29, 1.82) is 0 Å². The Morgan fingerprint density at radius 1 is 1.00 bits per heavy atom. The van der Waals surface area contributed by atoms with Gasteiger partial charge in [-0.25, -0.2) is 0 Å². The van der Waals surface area contributed by atoms with Gasteiger partial charge in [0.05, 0.1) is 4.90 Å². The van der Waals surface area contributed by atoms with Gasteiger partial charge in [0.15, 0.2) is 0 Å². The standard InChI is InChI=1S/C8H10O3S.2C2H4O2.H2O/c1-6-4-3-5-8(7(6)2)12(9,10)11;2*1-2(3)4;/h3-5H,1-2H3,(H,9,10,11);2*1H3,(H,3,4);1H2. The molecule has 1 rings (SSSR count). The molecule has 1 aromatic carbocycles. The fraction of sp³-hybridized carbons (Fsp3) is 0.333. The van der Waals surface area contributed by atoms with Crippen molar-refractivity contribution in [3.05, 3.63) is 29.3 Å². The molecule has 1 aromatic rings. The van der Waals surface area contributed by atoms with Crippen molar-refractivity contribution in [1.82, 2.24) is 0 Å². The van der Waals surface area contributed by atoms with Crippen LogP contribution < -0.4 is 0 Å². The SMILES string of the molecule is CC(=O)O.CC(=O)O.Cc1cccc(S(=O)(=O)O)c1C.O. The number of hydrogen-bond donors (Lipinski definition) is 3. The van der Waals surface area contributed by atoms with Crippen LogP contribution in [0, 0.1) is 13.8 Å². The minimum atomic E-state index is -4.06. The highest BCUT2D eigenvalue weighted by molar-refractivity contribution is 7.85. The highest BCUT2D eigenvalue weighted by Gasteiger charge is 2.12. The first-order chi connectivity index (χ1) is 8.89. The van der Waals surface area contributed by atoms with Gasteiger partial charge in [-0.2, -0.15) is 8.42 Å². The molecule has 5 N–H and O–H groups in total. The third kappa shape index (κ3) is 14.3. The number of hydrogen-bond acceptors (Lipinski definition) is 4. The lowest BCUT2D eigenvalue weighted by Gasteiger charge is -2.03. The molecule has 0 saturated heterocycles. The quantitative estimate of drug-likeness (QED) is 0.647. The molecule has 9 heteroatoms. The molecule has 0 spiro atoms. The molecule has 0 aromatic heterocycles. The predicted octanol–water partition coefficient (Wildman–Crippen LogP) is 0.907. The molecule has 0 aliphatic heterocycles. The van der Waals surface area contributed by atoms with Crippen LogP contribution in [0.25, 0.3) is 0 Å². The largest absolute Gasteiger partial charge is 0.481 e. The summed E-state index contributed by atoms with van der Waals surface area (Å²) in [5.41, 5.74) is 1.45. The average Bonchev–Trinajstić information content (AvgIpc) is 2.18. The molecule has 21 heavy (non-hydrogen) atoms. The number of aryl methyl sites for hydroxylation is 1. The summed E-state index contributed by atoms with van der Waals surface area (Å²) in [4.78, 5) is 18.0. The molecule has 0 aliphatic carbocycles. The van der Waals surface area contributed by atoms with Crippen LogP contribution in [0.5, 0.6) is 0 Å². The Labute approximate surface area is 123 Å². The zero-order valence-corrected chi connectivity index (χ0v) is 12.9. The minimum Gasteiger partial charge on any atom is -0.481 e. The third-order valence-electron chi connectivity index (χ3n) is 1.83. The van der Waals surface area contributed by atoms with Gasteiger partial charge in [-0.15, -0.1) is 0 Å². The lowest BCUT2D eigenvalue weighted by Crippen LogP contribution is -2.01. The summed E-state index contributed by atoms with van der Waals surface area (Å²) in [5, 5.41) is 14.8. The van der Waals surface area contributed by atoms with Gasteiger partial charge in [0.1, 0.15) is 0 Å². The van der Waals surface area contributed by atoms with Gasteiger partial charge >= 0.3 is 0 Å². The number of carbonyl (C=O) groups is 2. The fourth-order valence-electron chi connectivity index (χ4n) is 1.00. The van der Waals surface area contributed by atoms with Crippen LogP contribution in [-0.2, 0) is 19.7 Å². The van der Waals surface area contributed by atoms with Gasteiger partial charge in [-0.3, -0.25) is 14.1 Å². The molecular weight excluding hydrogens is 304 g/mol. The average molecular weight is 324 g/mol. The molecule has 0 radical (unpaired) electrons. The van der Waals surface area contributed by atoms with Crippen LogP contribution >= 0.6 is 0 Å². The first-order valence-electron chi connectivity index (χ1n) is 5.32. The second-order valence-corrected chi connectivity index (χ2v) is 5.10. The van der Waals surface area contributed by atoms with Gasteiger partial charge in [-0.05, 0) is 31.0 Å². The third-order valence-corrected chi connectivity index (χ3v) is 2.83. The Bertz CT molecular complexity index is 543. The molecule has 0 heterocycles. The zero-order valence-electron chi connectivity index (χ0n) is 12.1. The van der Waals surface area contributed by atoms with Crippen molar-refractivity contribution in [3.8, 4) is 0 Å². The molecule has 0 saturated carbocycles. The monoisotopic (exact) mass is 324 g/mol. The van der Waals surface area contributed by atoms with Crippen LogP contribution in [0.2, 0.25) is 0 Å². The lowest BCUT2D eigenvalue weighted by molar-refractivity contribution is -0.135. The lowest BCUT2D eigenvalue weighted by atomic mass is 10.1. The van der Waals surface area contributed by atoms with E-state index >= 15 is 0 Å². The molecule has 122 valence electrons. The van der Waals surface area contributed by atoms with Crippen molar-refractivity contribution in [3.63, 3.8) is 0 Å². The summed E-state index contributed by atoms with van der Waals surface area (Å²) < 4.78 is 30.3. The molecule has 8 nitrogen and oxygen atoms in total. The summed E-state index contributed by atoms with van der Waals surface area (Å²) in [7, 11) is -4.06. The van der Waals surface area contributed by atoms with Crippen molar-refractivity contribution in [2.24, 2.45) is 0 Å². The van der Waals surface area contributed by atoms with Gasteiger partial charge in [-0.1, -0.05) is 12.1 Å². The fourth-order valence-corrected chi connectivity index (χ4v) is 1.80. The van der Waals surface area contributed by atoms with E-state index in [0.29, 0.717) is 5.56 Å². The van der Waals surface area contributed by atoms with Crippen LogP contribution in [0.4, 0.5) is 0 Å². The summed E-state index contributed by atoms with van der Waals surface area (Å²) in [6, 6.07) is 4.78. The highest BCUT2D eigenvalue weighted by atomic mass is 32.2. The second-order valence-electron chi connectivity index (χ2n) is 3.71. The number of rotatable bonds is 1. The molecule has 0 atom stereocenters. The summed E-state index contributed by atoms with van der Waals surface area (Å²) in [6.07, 6.45) is 0. The Morgan fingerprint density at radius 3 is 1.57 bits per heavy atom. The van der Waals surface area contributed by atoms with E-state index in [-0.39, 0.29) is 10.4 Å². The van der Waals surface area contributed by atoms with Crippen LogP contribution in [-0.4, -0.2) is 40.6 Å². The van der Waals surface area contributed by atoms with E-state index in [1.54, 1.807) is 26.0 Å². The van der Waals surface area contributed by atoms with Gasteiger partial charge in [0.2, 0.25) is 0 Å². The van der Waals surface area contributed by atoms with Crippen molar-refractivity contribution >= 4 is 22.1 Å². The molecule has 0 amide bonds. The number of carboxylic acids is 2. The van der Waals surface area contributed by atoms with Crippen LogP contribution in [0.3, 0.4) is 0 Å². The van der Waals surface area contributed by atoms with Crippen molar-refractivity contribution in [2.75, 3.05) is 0 Å².